The molecule has 0 atom stereocenters. The second kappa shape index (κ2) is 3.68. The highest BCUT2D eigenvalue weighted by Crippen LogP contribution is 2.29. The number of halogens is 1. The van der Waals surface area contributed by atoms with Gasteiger partial charge in [-0.25, -0.2) is 9.97 Å². The van der Waals surface area contributed by atoms with Gasteiger partial charge in [-0.1, -0.05) is 11.6 Å². The lowest BCUT2D eigenvalue weighted by Crippen LogP contribution is -1.98. The molecule has 0 N–H and O–H groups in total. The maximum atomic E-state index is 11.0. The molecule has 0 unspecified atom stereocenters. The molecule has 0 saturated carbocycles. The van der Waals surface area contributed by atoms with Crippen LogP contribution in [0.4, 0.5) is 5.69 Å². The lowest BCUT2D eigenvalue weighted by Gasteiger charge is -2.04. The fourth-order valence-corrected chi connectivity index (χ4v) is 1.70. The van der Waals surface area contributed by atoms with E-state index in [1.807, 2.05) is 0 Å². The monoisotopic (exact) mass is 237 g/mol. The number of nitro benzene ring substituents is 1. The standard InChI is InChI=1S/C10H8ClN3O2/c1-5-3-7-9(12-4-8(11)13-7)10(6(5)2)14(15)16/h3-4H,1-2H3. The topological polar surface area (TPSA) is 68.9 Å². The van der Waals surface area contributed by atoms with Gasteiger partial charge in [0.2, 0.25) is 0 Å². The SMILES string of the molecule is Cc1cc2nc(Cl)cnc2c([N+](=O)[O-])c1C. The normalized spacial score (nSPS) is 10.7. The van der Waals surface area contributed by atoms with Crippen molar-refractivity contribution < 1.29 is 4.92 Å². The molecule has 1 aromatic heterocycles. The van der Waals surface area contributed by atoms with E-state index in [2.05, 4.69) is 9.97 Å². The Morgan fingerprint density at radius 2 is 2.12 bits per heavy atom. The third-order valence-corrected chi connectivity index (χ3v) is 2.66. The van der Waals surface area contributed by atoms with Gasteiger partial charge in [0.15, 0.2) is 5.52 Å². The van der Waals surface area contributed by atoms with Crippen LogP contribution in [0, 0.1) is 24.0 Å². The summed E-state index contributed by atoms with van der Waals surface area (Å²) in [4.78, 5) is 18.5. The summed E-state index contributed by atoms with van der Waals surface area (Å²) in [6, 6.07) is 1.75. The number of hydrogen-bond acceptors (Lipinski definition) is 4. The van der Waals surface area contributed by atoms with Crippen molar-refractivity contribution in [1.29, 1.82) is 0 Å². The number of hydrogen-bond donors (Lipinski definition) is 0. The highest BCUT2D eigenvalue weighted by molar-refractivity contribution is 6.29. The Kier molecular flexibility index (Phi) is 2.47. The molecule has 16 heavy (non-hydrogen) atoms. The largest absolute Gasteiger partial charge is 0.300 e. The fourth-order valence-electron chi connectivity index (χ4n) is 1.57. The molecule has 2 rings (SSSR count). The van der Waals surface area contributed by atoms with Gasteiger partial charge in [-0.05, 0) is 25.5 Å². The summed E-state index contributed by atoms with van der Waals surface area (Å²) in [6.45, 7) is 3.49. The van der Waals surface area contributed by atoms with Crippen molar-refractivity contribution in [2.45, 2.75) is 13.8 Å². The maximum absolute atomic E-state index is 11.0. The van der Waals surface area contributed by atoms with E-state index in [-0.39, 0.29) is 16.4 Å². The molecule has 1 aromatic carbocycles. The number of nitrogens with zero attached hydrogens (tertiary/aromatic N) is 3. The molecule has 6 heteroatoms. The van der Waals surface area contributed by atoms with Gasteiger partial charge in [0.1, 0.15) is 5.15 Å². The molecule has 1 heterocycles. The van der Waals surface area contributed by atoms with Crippen molar-refractivity contribution in [2.24, 2.45) is 0 Å². The van der Waals surface area contributed by atoms with Gasteiger partial charge in [0.05, 0.1) is 16.6 Å². The van der Waals surface area contributed by atoms with Crippen molar-refractivity contribution >= 4 is 28.3 Å². The molecule has 2 aromatic rings. The lowest BCUT2D eigenvalue weighted by molar-refractivity contribution is -0.383. The minimum Gasteiger partial charge on any atom is -0.258 e. The molecule has 0 saturated heterocycles. The molecule has 0 aliphatic heterocycles. The van der Waals surface area contributed by atoms with Crippen molar-refractivity contribution in [1.82, 2.24) is 9.97 Å². The Bertz CT molecular complexity index is 598. The Balaban J connectivity index is 2.94. The number of rotatable bonds is 1. The molecule has 0 bridgehead atoms. The molecule has 0 amide bonds. The van der Waals surface area contributed by atoms with E-state index in [1.165, 1.54) is 6.20 Å². The van der Waals surface area contributed by atoms with E-state index >= 15 is 0 Å². The smallest absolute Gasteiger partial charge is 0.258 e. The van der Waals surface area contributed by atoms with Gasteiger partial charge in [-0.3, -0.25) is 10.1 Å². The Hall–Kier alpha value is -1.75. The third-order valence-electron chi connectivity index (χ3n) is 2.48. The molecular weight excluding hydrogens is 230 g/mol. The van der Waals surface area contributed by atoms with E-state index < -0.39 is 4.92 Å². The predicted molar refractivity (Wildman–Crippen MR) is 60.7 cm³/mol. The van der Waals surface area contributed by atoms with Crippen LogP contribution < -0.4 is 0 Å². The van der Waals surface area contributed by atoms with Gasteiger partial charge in [-0.15, -0.1) is 0 Å². The van der Waals surface area contributed by atoms with Crippen LogP contribution in [0.15, 0.2) is 12.3 Å². The molecule has 0 aliphatic carbocycles. The quantitative estimate of drug-likeness (QED) is 0.565. The van der Waals surface area contributed by atoms with E-state index in [9.17, 15) is 10.1 Å². The first-order valence-corrected chi connectivity index (χ1v) is 4.95. The van der Waals surface area contributed by atoms with Crippen LogP contribution in [0.5, 0.6) is 0 Å². The van der Waals surface area contributed by atoms with Gasteiger partial charge in [-0.2, -0.15) is 0 Å². The van der Waals surface area contributed by atoms with Crippen molar-refractivity contribution in [3.63, 3.8) is 0 Å². The van der Waals surface area contributed by atoms with Crippen LogP contribution in [0.3, 0.4) is 0 Å². The highest BCUT2D eigenvalue weighted by atomic mass is 35.5. The van der Waals surface area contributed by atoms with Gasteiger partial charge < -0.3 is 0 Å². The van der Waals surface area contributed by atoms with E-state index in [0.717, 1.165) is 5.56 Å². The number of aryl methyl sites for hydroxylation is 1. The van der Waals surface area contributed by atoms with Gasteiger partial charge in [0.25, 0.3) is 5.69 Å². The third kappa shape index (κ3) is 1.59. The lowest BCUT2D eigenvalue weighted by atomic mass is 10.1. The van der Waals surface area contributed by atoms with Crippen LogP contribution in [-0.2, 0) is 0 Å². The van der Waals surface area contributed by atoms with Crippen LogP contribution in [-0.4, -0.2) is 14.9 Å². The molecular formula is C10H8ClN3O2. The molecule has 0 radical (unpaired) electrons. The molecule has 0 aliphatic rings. The fraction of sp³-hybridized carbons (Fsp3) is 0.200. The number of aromatic nitrogens is 2. The molecule has 0 spiro atoms. The summed E-state index contributed by atoms with van der Waals surface area (Å²) in [6.07, 6.45) is 1.31. The first-order chi connectivity index (χ1) is 7.50. The van der Waals surface area contributed by atoms with Crippen LogP contribution in [0.1, 0.15) is 11.1 Å². The van der Waals surface area contributed by atoms with E-state index in [4.69, 9.17) is 11.6 Å². The summed E-state index contributed by atoms with van der Waals surface area (Å²) >= 11 is 5.70. The second-order valence-electron chi connectivity index (χ2n) is 3.48. The maximum Gasteiger partial charge on any atom is 0.300 e. The average molecular weight is 238 g/mol. The summed E-state index contributed by atoms with van der Waals surface area (Å²) in [7, 11) is 0. The zero-order chi connectivity index (χ0) is 11.9. The zero-order valence-electron chi connectivity index (χ0n) is 8.69. The van der Waals surface area contributed by atoms with E-state index in [1.54, 1.807) is 19.9 Å². The summed E-state index contributed by atoms with van der Waals surface area (Å²) in [5.41, 5.74) is 2.13. The first kappa shape index (κ1) is 10.8. The number of benzene rings is 1. The van der Waals surface area contributed by atoms with Crippen molar-refractivity contribution in [3.8, 4) is 0 Å². The first-order valence-electron chi connectivity index (χ1n) is 4.57. The minimum atomic E-state index is -0.437. The Labute approximate surface area is 96.2 Å². The Morgan fingerprint density at radius 3 is 2.75 bits per heavy atom. The van der Waals surface area contributed by atoms with Crippen molar-refractivity contribution in [3.05, 3.63) is 38.7 Å². The molecule has 5 nitrogen and oxygen atoms in total. The molecule has 82 valence electrons. The van der Waals surface area contributed by atoms with Crippen LogP contribution in [0.2, 0.25) is 5.15 Å². The zero-order valence-corrected chi connectivity index (χ0v) is 9.45. The van der Waals surface area contributed by atoms with Gasteiger partial charge >= 0.3 is 0 Å². The number of nitro groups is 1. The summed E-state index contributed by atoms with van der Waals surface area (Å²) in [5, 5.41) is 11.2. The highest BCUT2D eigenvalue weighted by Gasteiger charge is 2.19. The van der Waals surface area contributed by atoms with Crippen LogP contribution in [0.25, 0.3) is 11.0 Å². The summed E-state index contributed by atoms with van der Waals surface area (Å²) in [5.74, 6) is 0. The average Bonchev–Trinajstić information content (AvgIpc) is 2.19. The van der Waals surface area contributed by atoms with Crippen LogP contribution >= 0.6 is 11.6 Å². The molecule has 0 fully saturated rings. The number of fused-ring (bicyclic) bond motifs is 1. The van der Waals surface area contributed by atoms with Crippen molar-refractivity contribution in [2.75, 3.05) is 0 Å². The minimum absolute atomic E-state index is 0.000772. The predicted octanol–water partition coefficient (Wildman–Crippen LogP) is 2.81. The summed E-state index contributed by atoms with van der Waals surface area (Å²) < 4.78 is 0. The Morgan fingerprint density at radius 1 is 1.44 bits per heavy atom. The second-order valence-corrected chi connectivity index (χ2v) is 3.87. The van der Waals surface area contributed by atoms with E-state index in [0.29, 0.717) is 11.1 Å². The van der Waals surface area contributed by atoms with Gasteiger partial charge in [0, 0.05) is 5.56 Å².